The number of rotatable bonds is 2. The Morgan fingerprint density at radius 2 is 1.86 bits per heavy atom. The quantitative estimate of drug-likeness (QED) is 0.790. The second-order valence-electron chi connectivity index (χ2n) is 8.69. The summed E-state index contributed by atoms with van der Waals surface area (Å²) in [4.78, 5) is 31.3. The molecule has 0 aliphatic carbocycles. The third-order valence-corrected chi connectivity index (χ3v) is 5.56. The summed E-state index contributed by atoms with van der Waals surface area (Å²) in [6, 6.07) is -0.301. The first kappa shape index (κ1) is 19.5. The minimum Gasteiger partial charge on any atom is -0.465 e. The third-order valence-electron chi connectivity index (χ3n) is 5.56. The van der Waals surface area contributed by atoms with Gasteiger partial charge < -0.3 is 15.6 Å². The lowest BCUT2D eigenvalue weighted by atomic mass is 9.79. The van der Waals surface area contributed by atoms with Crippen molar-refractivity contribution in [2.75, 3.05) is 18.9 Å². The number of ether oxygens (including phenoxy) is 1. The maximum atomic E-state index is 12.0. The number of carboxylic acid groups (broad SMARTS) is 1. The van der Waals surface area contributed by atoms with E-state index < -0.39 is 6.09 Å². The Kier molecular flexibility index (Phi) is 4.85. The van der Waals surface area contributed by atoms with Crippen LogP contribution in [0.1, 0.15) is 62.5 Å². The zero-order valence-corrected chi connectivity index (χ0v) is 16.9. The fraction of sp³-hybridized carbons (Fsp3) is 0.550. The van der Waals surface area contributed by atoms with E-state index in [1.54, 1.807) is 12.4 Å². The number of fused-ring (bicyclic) bond motifs is 1. The minimum atomic E-state index is -0.946. The molecule has 1 fully saturated rings. The van der Waals surface area contributed by atoms with Gasteiger partial charge in [-0.05, 0) is 18.3 Å². The predicted octanol–water partition coefficient (Wildman–Crippen LogP) is 2.99. The Balaban J connectivity index is 1.89. The highest BCUT2D eigenvalue weighted by Crippen LogP contribution is 2.48. The summed E-state index contributed by atoms with van der Waals surface area (Å²) in [5.74, 6) is 0.891. The molecule has 9 nitrogen and oxygen atoms in total. The third kappa shape index (κ3) is 3.62. The summed E-state index contributed by atoms with van der Waals surface area (Å²) in [7, 11) is 0. The van der Waals surface area contributed by atoms with Gasteiger partial charge in [-0.2, -0.15) is 0 Å². The molecule has 0 radical (unpaired) electrons. The first-order chi connectivity index (χ1) is 13.8. The zero-order chi connectivity index (χ0) is 20.8. The van der Waals surface area contributed by atoms with Crippen LogP contribution in [0.4, 0.5) is 10.7 Å². The van der Waals surface area contributed by atoms with Crippen LogP contribution in [0.3, 0.4) is 0 Å². The molecule has 154 valence electrons. The maximum Gasteiger partial charge on any atom is 0.408 e. The van der Waals surface area contributed by atoms with Crippen LogP contribution in [-0.2, 0) is 11.3 Å². The van der Waals surface area contributed by atoms with Crippen LogP contribution < -0.4 is 5.73 Å². The highest BCUT2D eigenvalue weighted by molar-refractivity contribution is 5.68. The molecule has 0 aromatic carbocycles. The van der Waals surface area contributed by atoms with Gasteiger partial charge in [0.15, 0.2) is 5.82 Å². The molecule has 0 spiro atoms. The van der Waals surface area contributed by atoms with Crippen LogP contribution >= 0.6 is 0 Å². The second-order valence-corrected chi connectivity index (χ2v) is 8.69. The van der Waals surface area contributed by atoms with Crippen molar-refractivity contribution in [1.29, 1.82) is 0 Å². The summed E-state index contributed by atoms with van der Waals surface area (Å²) in [6.45, 7) is 7.75. The lowest BCUT2D eigenvalue weighted by Gasteiger charge is -2.35. The van der Waals surface area contributed by atoms with Gasteiger partial charge in [0.1, 0.15) is 0 Å². The fourth-order valence-electron chi connectivity index (χ4n) is 4.31. The standard InChI is InChI=1S/C20H26N6O3/c1-20(2,3)16-14-13(10-26(16)19(27)28)24-17(12-8-22-18(21)23-9-12)25-15(14)11-4-6-29-7-5-11/h8-9,11,16H,4-7,10H2,1-3H3,(H,27,28)(H2,21,22,23). The molecule has 29 heavy (non-hydrogen) atoms. The smallest absolute Gasteiger partial charge is 0.408 e. The van der Waals surface area contributed by atoms with E-state index in [4.69, 9.17) is 20.4 Å². The lowest BCUT2D eigenvalue weighted by Crippen LogP contribution is -2.36. The molecule has 1 saturated heterocycles. The first-order valence-electron chi connectivity index (χ1n) is 9.81. The minimum absolute atomic E-state index is 0.185. The number of nitrogens with two attached hydrogens (primary N) is 1. The van der Waals surface area contributed by atoms with Crippen molar-refractivity contribution in [3.63, 3.8) is 0 Å². The lowest BCUT2D eigenvalue weighted by molar-refractivity contribution is 0.0803. The number of anilines is 1. The first-order valence-corrected chi connectivity index (χ1v) is 9.81. The average Bonchev–Trinajstić information content (AvgIpc) is 3.09. The van der Waals surface area contributed by atoms with E-state index in [9.17, 15) is 9.90 Å². The van der Waals surface area contributed by atoms with E-state index in [0.717, 1.165) is 29.8 Å². The van der Waals surface area contributed by atoms with Crippen LogP contribution in [0, 0.1) is 5.41 Å². The molecule has 0 saturated carbocycles. The van der Waals surface area contributed by atoms with Crippen LogP contribution in [-0.4, -0.2) is 49.2 Å². The highest BCUT2D eigenvalue weighted by Gasteiger charge is 2.45. The molecule has 2 aliphatic rings. The molecule has 9 heteroatoms. The summed E-state index contributed by atoms with van der Waals surface area (Å²) >= 11 is 0. The largest absolute Gasteiger partial charge is 0.465 e. The van der Waals surface area contributed by atoms with Gasteiger partial charge in [0, 0.05) is 37.1 Å². The van der Waals surface area contributed by atoms with Gasteiger partial charge in [-0.15, -0.1) is 0 Å². The van der Waals surface area contributed by atoms with E-state index in [-0.39, 0.29) is 29.9 Å². The molecule has 2 aromatic rings. The van der Waals surface area contributed by atoms with Crippen LogP contribution in [0.5, 0.6) is 0 Å². The zero-order valence-electron chi connectivity index (χ0n) is 16.9. The van der Waals surface area contributed by atoms with Gasteiger partial charge in [0.25, 0.3) is 0 Å². The summed E-state index contributed by atoms with van der Waals surface area (Å²) < 4.78 is 5.54. The second kappa shape index (κ2) is 7.22. The number of aromatic nitrogens is 4. The van der Waals surface area contributed by atoms with Crippen molar-refractivity contribution in [3.8, 4) is 11.4 Å². The van der Waals surface area contributed by atoms with Crippen molar-refractivity contribution in [2.24, 2.45) is 5.41 Å². The van der Waals surface area contributed by atoms with E-state index in [0.29, 0.717) is 24.6 Å². The predicted molar refractivity (Wildman–Crippen MR) is 106 cm³/mol. The van der Waals surface area contributed by atoms with Crippen molar-refractivity contribution >= 4 is 12.0 Å². The number of carbonyl (C=O) groups is 1. The molecule has 2 aliphatic heterocycles. The summed E-state index contributed by atoms with van der Waals surface area (Å²) in [5, 5.41) is 9.86. The van der Waals surface area contributed by atoms with Gasteiger partial charge in [0.05, 0.1) is 29.5 Å². The molecular formula is C20H26N6O3. The van der Waals surface area contributed by atoms with Crippen molar-refractivity contribution in [1.82, 2.24) is 24.8 Å². The Bertz CT molecular complexity index is 919. The summed E-state index contributed by atoms with van der Waals surface area (Å²) in [5.41, 5.74) is 8.62. The SMILES string of the molecule is CC(C)(C)C1c2c(nc(-c3cnc(N)nc3)nc2C2CCOCC2)CN1C(=O)O. The van der Waals surface area contributed by atoms with Crippen LogP contribution in [0.25, 0.3) is 11.4 Å². The van der Waals surface area contributed by atoms with Crippen LogP contribution in [0.15, 0.2) is 12.4 Å². The van der Waals surface area contributed by atoms with E-state index in [1.807, 2.05) is 0 Å². The molecule has 1 unspecified atom stereocenters. The van der Waals surface area contributed by atoms with Gasteiger partial charge in [-0.25, -0.2) is 24.7 Å². The molecule has 3 N–H and O–H groups in total. The Hall–Kier alpha value is -2.81. The number of nitrogen functional groups attached to an aromatic ring is 1. The highest BCUT2D eigenvalue weighted by atomic mass is 16.5. The Labute approximate surface area is 169 Å². The molecule has 1 atom stereocenters. The maximum absolute atomic E-state index is 12.0. The van der Waals surface area contributed by atoms with E-state index in [1.165, 1.54) is 4.90 Å². The van der Waals surface area contributed by atoms with Crippen molar-refractivity contribution < 1.29 is 14.6 Å². The molecule has 1 amide bonds. The number of nitrogens with zero attached hydrogens (tertiary/aromatic N) is 5. The molecule has 4 rings (SSSR count). The van der Waals surface area contributed by atoms with E-state index in [2.05, 4.69) is 30.7 Å². The topological polar surface area (TPSA) is 127 Å². The number of hydrogen-bond acceptors (Lipinski definition) is 7. The Morgan fingerprint density at radius 1 is 1.21 bits per heavy atom. The van der Waals surface area contributed by atoms with Crippen molar-refractivity contribution in [2.45, 2.75) is 52.1 Å². The van der Waals surface area contributed by atoms with Gasteiger partial charge in [0.2, 0.25) is 5.95 Å². The molecule has 0 bridgehead atoms. The van der Waals surface area contributed by atoms with Gasteiger partial charge >= 0.3 is 6.09 Å². The van der Waals surface area contributed by atoms with E-state index >= 15 is 0 Å². The van der Waals surface area contributed by atoms with Crippen molar-refractivity contribution in [3.05, 3.63) is 29.3 Å². The fourth-order valence-corrected chi connectivity index (χ4v) is 4.31. The molecular weight excluding hydrogens is 372 g/mol. The Morgan fingerprint density at radius 3 is 2.45 bits per heavy atom. The normalized spacial score (nSPS) is 20.0. The molecule has 2 aromatic heterocycles. The number of hydrogen-bond donors (Lipinski definition) is 2. The average molecular weight is 398 g/mol. The van der Waals surface area contributed by atoms with Gasteiger partial charge in [-0.3, -0.25) is 4.90 Å². The van der Waals surface area contributed by atoms with Gasteiger partial charge in [-0.1, -0.05) is 20.8 Å². The summed E-state index contributed by atoms with van der Waals surface area (Å²) in [6.07, 6.45) is 3.96. The van der Waals surface area contributed by atoms with Crippen LogP contribution in [0.2, 0.25) is 0 Å². The molecule has 4 heterocycles. The number of amides is 1. The monoisotopic (exact) mass is 398 g/mol.